The van der Waals surface area contributed by atoms with Crippen molar-refractivity contribution < 1.29 is 0 Å². The van der Waals surface area contributed by atoms with Gasteiger partial charge >= 0.3 is 0 Å². The zero-order chi connectivity index (χ0) is 9.10. The summed E-state index contributed by atoms with van der Waals surface area (Å²) < 4.78 is 1.66. The third-order valence-electron chi connectivity index (χ3n) is 2.44. The highest BCUT2D eigenvalue weighted by Gasteiger charge is 2.15. The second-order valence-electron chi connectivity index (χ2n) is 3.42. The number of nitrogens with one attached hydrogen (secondary N) is 1. The maximum Gasteiger partial charge on any atom is 0.253 e. The van der Waals surface area contributed by atoms with E-state index in [1.54, 1.807) is 10.9 Å². The Morgan fingerprint density at radius 2 is 2.46 bits per heavy atom. The van der Waals surface area contributed by atoms with E-state index in [2.05, 4.69) is 10.3 Å². The lowest BCUT2D eigenvalue weighted by Crippen LogP contribution is -2.42. The number of hydrogen-bond donors (Lipinski definition) is 1. The minimum Gasteiger partial charge on any atom is -0.316 e. The van der Waals surface area contributed by atoms with Gasteiger partial charge in [0.25, 0.3) is 5.56 Å². The van der Waals surface area contributed by atoms with Crippen LogP contribution in [0, 0.1) is 5.92 Å². The first-order chi connectivity index (χ1) is 6.36. The monoisotopic (exact) mass is 179 g/mol. The average molecular weight is 179 g/mol. The van der Waals surface area contributed by atoms with Crippen LogP contribution in [-0.2, 0) is 6.54 Å². The van der Waals surface area contributed by atoms with Gasteiger partial charge in [0.2, 0.25) is 0 Å². The maximum absolute atomic E-state index is 11.2. The number of nitrogens with zero attached hydrogens (tertiary/aromatic N) is 2. The van der Waals surface area contributed by atoms with Crippen molar-refractivity contribution in [3.05, 3.63) is 28.9 Å². The molecule has 0 atom stereocenters. The molecule has 0 aliphatic carbocycles. The number of rotatable bonds is 3. The minimum absolute atomic E-state index is 0.0438. The van der Waals surface area contributed by atoms with Crippen molar-refractivity contribution in [2.24, 2.45) is 5.92 Å². The molecule has 1 saturated heterocycles. The van der Waals surface area contributed by atoms with Crippen molar-refractivity contribution in [3.63, 3.8) is 0 Å². The van der Waals surface area contributed by atoms with Crippen LogP contribution in [0.5, 0.6) is 0 Å². The predicted molar refractivity (Wildman–Crippen MR) is 49.5 cm³/mol. The normalized spacial score (nSPS) is 16.9. The van der Waals surface area contributed by atoms with E-state index in [0.29, 0.717) is 0 Å². The lowest BCUT2D eigenvalue weighted by atomic mass is 10.00. The summed E-state index contributed by atoms with van der Waals surface area (Å²) in [6, 6.07) is 1.50. The van der Waals surface area contributed by atoms with Gasteiger partial charge in [-0.1, -0.05) is 0 Å². The zero-order valence-corrected chi connectivity index (χ0v) is 7.44. The molecule has 13 heavy (non-hydrogen) atoms. The van der Waals surface area contributed by atoms with Crippen LogP contribution in [0.2, 0.25) is 0 Å². The molecule has 4 nitrogen and oxygen atoms in total. The van der Waals surface area contributed by atoms with Gasteiger partial charge in [0.1, 0.15) is 0 Å². The first-order valence-corrected chi connectivity index (χ1v) is 4.57. The van der Waals surface area contributed by atoms with E-state index in [-0.39, 0.29) is 5.56 Å². The second kappa shape index (κ2) is 3.70. The molecule has 1 aromatic heterocycles. The van der Waals surface area contributed by atoms with Crippen molar-refractivity contribution in [2.75, 3.05) is 13.1 Å². The number of aryl methyl sites for hydroxylation is 1. The Morgan fingerprint density at radius 1 is 1.62 bits per heavy atom. The van der Waals surface area contributed by atoms with E-state index in [1.807, 2.05) is 0 Å². The van der Waals surface area contributed by atoms with Crippen LogP contribution in [0.1, 0.15) is 6.42 Å². The van der Waals surface area contributed by atoms with E-state index in [9.17, 15) is 4.79 Å². The lowest BCUT2D eigenvalue weighted by molar-refractivity contribution is 0.310. The van der Waals surface area contributed by atoms with E-state index in [4.69, 9.17) is 0 Å². The molecule has 4 heteroatoms. The molecule has 0 saturated carbocycles. The van der Waals surface area contributed by atoms with Gasteiger partial charge in [-0.15, -0.1) is 0 Å². The predicted octanol–water partition coefficient (Wildman–Crippen LogP) is -0.147. The van der Waals surface area contributed by atoms with Crippen LogP contribution in [0.15, 0.2) is 23.4 Å². The van der Waals surface area contributed by atoms with Crippen LogP contribution in [-0.4, -0.2) is 22.6 Å². The molecule has 0 aromatic carbocycles. The molecule has 0 bridgehead atoms. The quantitative estimate of drug-likeness (QED) is 0.702. The summed E-state index contributed by atoms with van der Waals surface area (Å²) in [6.07, 6.45) is 4.21. The minimum atomic E-state index is 0.0438. The Labute approximate surface area is 76.6 Å². The molecule has 1 aromatic rings. The Balaban J connectivity index is 1.93. The van der Waals surface area contributed by atoms with Gasteiger partial charge < -0.3 is 5.32 Å². The fraction of sp³-hybridized carbons (Fsp3) is 0.556. The van der Waals surface area contributed by atoms with Crippen molar-refractivity contribution >= 4 is 0 Å². The largest absolute Gasteiger partial charge is 0.316 e. The summed E-state index contributed by atoms with van der Waals surface area (Å²) in [5.41, 5.74) is 0.0438. The highest BCUT2D eigenvalue weighted by molar-refractivity contribution is 4.83. The molecule has 0 spiro atoms. The van der Waals surface area contributed by atoms with Crippen molar-refractivity contribution in [2.45, 2.75) is 13.0 Å². The first kappa shape index (κ1) is 8.44. The van der Waals surface area contributed by atoms with Crippen LogP contribution in [0.4, 0.5) is 0 Å². The molecule has 1 aliphatic heterocycles. The molecule has 1 aliphatic rings. The molecule has 2 heterocycles. The number of hydrogen-bond acceptors (Lipinski definition) is 3. The van der Waals surface area contributed by atoms with E-state index in [1.165, 1.54) is 12.3 Å². The number of aromatic nitrogens is 2. The van der Waals surface area contributed by atoms with E-state index >= 15 is 0 Å². The molecule has 0 radical (unpaired) electrons. The van der Waals surface area contributed by atoms with Crippen molar-refractivity contribution in [1.29, 1.82) is 0 Å². The smallest absolute Gasteiger partial charge is 0.253 e. The summed E-state index contributed by atoms with van der Waals surface area (Å²) in [5.74, 6) is 0.743. The highest BCUT2D eigenvalue weighted by Crippen LogP contribution is 2.08. The summed E-state index contributed by atoms with van der Waals surface area (Å²) in [6.45, 7) is 2.98. The first-order valence-electron chi connectivity index (χ1n) is 4.57. The SMILES string of the molecule is O=c1ccncn1CCC1CNC1. The van der Waals surface area contributed by atoms with Gasteiger partial charge in [0, 0.05) is 18.8 Å². The molecular weight excluding hydrogens is 166 g/mol. The van der Waals surface area contributed by atoms with E-state index in [0.717, 1.165) is 32.0 Å². The van der Waals surface area contributed by atoms with Gasteiger partial charge in [-0.25, -0.2) is 4.98 Å². The fourth-order valence-corrected chi connectivity index (χ4v) is 1.42. The van der Waals surface area contributed by atoms with Gasteiger partial charge in [-0.2, -0.15) is 0 Å². The van der Waals surface area contributed by atoms with Gasteiger partial charge in [0.15, 0.2) is 0 Å². The van der Waals surface area contributed by atoms with Gasteiger partial charge in [0.05, 0.1) is 6.33 Å². The Bertz CT molecular complexity index is 330. The molecule has 0 unspecified atom stereocenters. The van der Waals surface area contributed by atoms with E-state index < -0.39 is 0 Å². The second-order valence-corrected chi connectivity index (χ2v) is 3.42. The zero-order valence-electron chi connectivity index (χ0n) is 7.44. The lowest BCUT2D eigenvalue weighted by Gasteiger charge is -2.26. The topological polar surface area (TPSA) is 46.9 Å². The molecule has 2 rings (SSSR count). The van der Waals surface area contributed by atoms with Gasteiger partial charge in [-0.3, -0.25) is 9.36 Å². The van der Waals surface area contributed by atoms with Crippen molar-refractivity contribution in [1.82, 2.24) is 14.9 Å². The standard InChI is InChI=1S/C9H13N3O/c13-9-1-3-10-7-12(9)4-2-8-5-11-6-8/h1,3,7-8,11H,2,4-6H2. The van der Waals surface area contributed by atoms with Crippen LogP contribution >= 0.6 is 0 Å². The Morgan fingerprint density at radius 3 is 3.08 bits per heavy atom. The maximum atomic E-state index is 11.2. The van der Waals surface area contributed by atoms with Crippen molar-refractivity contribution in [3.8, 4) is 0 Å². The Hall–Kier alpha value is -1.16. The molecule has 1 N–H and O–H groups in total. The molecule has 70 valence electrons. The summed E-state index contributed by atoms with van der Waals surface area (Å²) >= 11 is 0. The summed E-state index contributed by atoms with van der Waals surface area (Å²) in [4.78, 5) is 15.2. The molecular formula is C9H13N3O. The molecule has 1 fully saturated rings. The van der Waals surface area contributed by atoms with Crippen LogP contribution in [0.3, 0.4) is 0 Å². The average Bonchev–Trinajstić information content (AvgIpc) is 2.05. The van der Waals surface area contributed by atoms with Crippen LogP contribution < -0.4 is 10.9 Å². The summed E-state index contributed by atoms with van der Waals surface area (Å²) in [7, 11) is 0. The third-order valence-corrected chi connectivity index (χ3v) is 2.44. The third kappa shape index (κ3) is 1.95. The van der Waals surface area contributed by atoms with Crippen LogP contribution in [0.25, 0.3) is 0 Å². The summed E-state index contributed by atoms with van der Waals surface area (Å²) in [5, 5.41) is 3.21. The highest BCUT2D eigenvalue weighted by atomic mass is 16.1. The Kier molecular flexibility index (Phi) is 2.40. The fourth-order valence-electron chi connectivity index (χ4n) is 1.42. The molecule has 0 amide bonds. The van der Waals surface area contributed by atoms with Gasteiger partial charge in [-0.05, 0) is 25.4 Å².